The lowest BCUT2D eigenvalue weighted by Gasteiger charge is -2.29. The molecule has 0 radical (unpaired) electrons. The quantitative estimate of drug-likeness (QED) is 0.454. The van der Waals surface area contributed by atoms with Gasteiger partial charge in [0.05, 0.1) is 30.3 Å². The molecule has 1 saturated heterocycles. The first-order valence-electron chi connectivity index (χ1n) is 11.9. The molecule has 0 spiro atoms. The van der Waals surface area contributed by atoms with Crippen molar-refractivity contribution < 1.29 is 13.5 Å². The number of halogens is 2. The summed E-state index contributed by atoms with van der Waals surface area (Å²) in [6, 6.07) is 15.4. The number of aryl methyl sites for hydroxylation is 1. The van der Waals surface area contributed by atoms with Crippen LogP contribution in [0.25, 0.3) is 17.0 Å². The molecule has 0 amide bonds. The second kappa shape index (κ2) is 9.18. The number of fused-ring (bicyclic) bond motifs is 2. The molecule has 2 aromatic heterocycles. The van der Waals surface area contributed by atoms with E-state index in [-0.39, 0.29) is 17.8 Å². The van der Waals surface area contributed by atoms with E-state index in [0.717, 1.165) is 19.3 Å². The zero-order chi connectivity index (χ0) is 23.8. The summed E-state index contributed by atoms with van der Waals surface area (Å²) in [5.41, 5.74) is 3.51. The number of benzene rings is 2. The fraction of sp³-hybridized carbons (Fsp3) is 0.360. The zero-order valence-electron chi connectivity index (χ0n) is 19.1. The van der Waals surface area contributed by atoms with E-state index in [1.165, 1.54) is 15.7 Å². The molecule has 2 aromatic carbocycles. The summed E-state index contributed by atoms with van der Waals surface area (Å²) in [5.74, 6) is 0.524. The summed E-state index contributed by atoms with van der Waals surface area (Å²) in [6.45, 7) is 2.33. The number of hydrogen-bond acceptors (Lipinski definition) is 7. The van der Waals surface area contributed by atoms with E-state index in [1.54, 1.807) is 24.3 Å². The average Bonchev–Trinajstić information content (AvgIpc) is 3.30. The van der Waals surface area contributed by atoms with E-state index < -0.39 is 6.43 Å². The van der Waals surface area contributed by atoms with E-state index in [4.69, 9.17) is 9.72 Å². The maximum Gasteiger partial charge on any atom is 0.296 e. The Morgan fingerprint density at radius 3 is 2.54 bits per heavy atom. The van der Waals surface area contributed by atoms with Gasteiger partial charge in [0.1, 0.15) is 0 Å². The van der Waals surface area contributed by atoms with Gasteiger partial charge in [0.25, 0.3) is 6.43 Å². The molecule has 1 N–H and O–H groups in total. The Morgan fingerprint density at radius 2 is 1.69 bits per heavy atom. The second-order valence-corrected chi connectivity index (χ2v) is 8.74. The number of nitrogens with zero attached hydrogens (tertiary/aromatic N) is 6. The largest absolute Gasteiger partial charge is 0.378 e. The third kappa shape index (κ3) is 4.18. The van der Waals surface area contributed by atoms with Crippen molar-refractivity contribution in [1.29, 1.82) is 0 Å². The van der Waals surface area contributed by atoms with Gasteiger partial charge in [0, 0.05) is 13.1 Å². The van der Waals surface area contributed by atoms with Crippen molar-refractivity contribution in [3.8, 4) is 5.95 Å². The van der Waals surface area contributed by atoms with Crippen molar-refractivity contribution in [1.82, 2.24) is 24.5 Å². The Hall–Kier alpha value is -3.66. The van der Waals surface area contributed by atoms with Crippen molar-refractivity contribution in [2.24, 2.45) is 0 Å². The van der Waals surface area contributed by atoms with Crippen LogP contribution in [0.5, 0.6) is 0 Å². The van der Waals surface area contributed by atoms with E-state index in [2.05, 4.69) is 38.5 Å². The number of nitrogens with one attached hydrogen (secondary N) is 1. The van der Waals surface area contributed by atoms with Crippen LogP contribution >= 0.6 is 0 Å². The number of rotatable bonds is 5. The molecular formula is C25H25F2N7O. The van der Waals surface area contributed by atoms with Gasteiger partial charge < -0.3 is 15.0 Å². The molecule has 1 aliphatic carbocycles. The number of hydrogen-bond donors (Lipinski definition) is 1. The minimum absolute atomic E-state index is 0.0295. The highest BCUT2D eigenvalue weighted by atomic mass is 19.3. The van der Waals surface area contributed by atoms with Gasteiger partial charge in [-0.3, -0.25) is 4.57 Å². The summed E-state index contributed by atoms with van der Waals surface area (Å²) in [5, 5.41) is 3.47. The molecule has 8 nitrogen and oxygen atoms in total. The van der Waals surface area contributed by atoms with Crippen LogP contribution in [0.4, 0.5) is 20.7 Å². The maximum atomic E-state index is 14.0. The van der Waals surface area contributed by atoms with E-state index in [9.17, 15) is 8.78 Å². The Morgan fingerprint density at radius 1 is 0.914 bits per heavy atom. The van der Waals surface area contributed by atoms with Crippen LogP contribution in [0.1, 0.15) is 42.3 Å². The van der Waals surface area contributed by atoms with Gasteiger partial charge in [-0.05, 0) is 42.5 Å². The first kappa shape index (κ1) is 21.8. The Labute approximate surface area is 201 Å². The Balaban J connectivity index is 1.47. The van der Waals surface area contributed by atoms with E-state index in [0.29, 0.717) is 49.2 Å². The molecule has 0 unspecified atom stereocenters. The number of aromatic nitrogens is 5. The van der Waals surface area contributed by atoms with Crippen LogP contribution in [0, 0.1) is 0 Å². The molecule has 1 aliphatic heterocycles. The number of alkyl halides is 2. The molecule has 6 rings (SSSR count). The van der Waals surface area contributed by atoms with Crippen molar-refractivity contribution in [2.45, 2.75) is 31.7 Å². The van der Waals surface area contributed by atoms with Crippen LogP contribution in [0.3, 0.4) is 0 Å². The molecular weight excluding hydrogens is 452 g/mol. The van der Waals surface area contributed by atoms with Gasteiger partial charge in [0.2, 0.25) is 17.8 Å². The van der Waals surface area contributed by atoms with Crippen molar-refractivity contribution in [3.05, 3.63) is 65.5 Å². The zero-order valence-corrected chi connectivity index (χ0v) is 19.1. The third-order valence-corrected chi connectivity index (χ3v) is 6.56. The highest BCUT2D eigenvalue weighted by Crippen LogP contribution is 2.33. The molecule has 1 fully saturated rings. The average molecular weight is 478 g/mol. The van der Waals surface area contributed by atoms with E-state index >= 15 is 0 Å². The molecule has 1 atom stereocenters. The molecule has 35 heavy (non-hydrogen) atoms. The lowest BCUT2D eigenvalue weighted by Crippen LogP contribution is -2.37. The van der Waals surface area contributed by atoms with E-state index in [1.807, 2.05) is 11.0 Å². The molecule has 3 heterocycles. The van der Waals surface area contributed by atoms with Gasteiger partial charge in [0.15, 0.2) is 5.82 Å². The van der Waals surface area contributed by atoms with Gasteiger partial charge in [-0.2, -0.15) is 15.0 Å². The lowest BCUT2D eigenvalue weighted by atomic mass is 9.88. The second-order valence-electron chi connectivity index (χ2n) is 8.74. The Kier molecular flexibility index (Phi) is 5.73. The minimum Gasteiger partial charge on any atom is -0.378 e. The predicted molar refractivity (Wildman–Crippen MR) is 128 cm³/mol. The standard InChI is InChI=1S/C25H25F2N7O/c26-21(27)22-28-19-9-3-4-11-20(19)34(22)25-31-23(30-24(32-25)33-12-14-35-15-13-33)29-18-10-5-7-16-6-1-2-8-17(16)18/h1-4,6,8-9,11,18,21H,5,7,10,12-15H2,(H,29,30,31,32)/t18-/m1/s1. The number of ether oxygens (including phenoxy) is 1. The fourth-order valence-corrected chi connectivity index (χ4v) is 4.88. The summed E-state index contributed by atoms with van der Waals surface area (Å²) < 4.78 is 34.9. The Bertz CT molecular complexity index is 1350. The van der Waals surface area contributed by atoms with Crippen molar-refractivity contribution in [2.75, 3.05) is 36.5 Å². The van der Waals surface area contributed by atoms with Crippen LogP contribution in [-0.2, 0) is 11.2 Å². The molecule has 2 aliphatic rings. The number of morpholine rings is 1. The van der Waals surface area contributed by atoms with Gasteiger partial charge in [-0.25, -0.2) is 13.8 Å². The molecule has 10 heteroatoms. The van der Waals surface area contributed by atoms with Crippen LogP contribution in [-0.4, -0.2) is 50.8 Å². The minimum atomic E-state index is -2.78. The predicted octanol–water partition coefficient (Wildman–Crippen LogP) is 4.47. The third-order valence-electron chi connectivity index (χ3n) is 6.56. The van der Waals surface area contributed by atoms with Crippen molar-refractivity contribution in [3.63, 3.8) is 0 Å². The first-order chi connectivity index (χ1) is 17.2. The topological polar surface area (TPSA) is 81.0 Å². The van der Waals surface area contributed by atoms with Gasteiger partial charge >= 0.3 is 0 Å². The summed E-state index contributed by atoms with van der Waals surface area (Å²) >= 11 is 0. The number of para-hydroxylation sites is 2. The highest BCUT2D eigenvalue weighted by molar-refractivity contribution is 5.77. The molecule has 4 aromatic rings. The molecule has 180 valence electrons. The monoisotopic (exact) mass is 477 g/mol. The van der Waals surface area contributed by atoms with Crippen LogP contribution in [0.2, 0.25) is 0 Å². The fourth-order valence-electron chi connectivity index (χ4n) is 4.88. The molecule has 0 bridgehead atoms. The first-order valence-corrected chi connectivity index (χ1v) is 11.9. The van der Waals surface area contributed by atoms with Crippen LogP contribution in [0.15, 0.2) is 48.5 Å². The smallest absolute Gasteiger partial charge is 0.296 e. The van der Waals surface area contributed by atoms with Gasteiger partial charge in [-0.1, -0.05) is 36.4 Å². The van der Waals surface area contributed by atoms with Crippen LogP contribution < -0.4 is 10.2 Å². The van der Waals surface area contributed by atoms with Gasteiger partial charge in [-0.15, -0.1) is 0 Å². The van der Waals surface area contributed by atoms with Crippen molar-refractivity contribution >= 4 is 22.9 Å². The SMILES string of the molecule is FC(F)c1nc2ccccc2n1-c1nc(N[C@@H]2CCCc3ccccc32)nc(N2CCOCC2)n1. The maximum absolute atomic E-state index is 14.0. The normalized spacial score (nSPS) is 18.1. The summed E-state index contributed by atoms with van der Waals surface area (Å²) in [7, 11) is 0. The summed E-state index contributed by atoms with van der Waals surface area (Å²) in [4.78, 5) is 20.1. The number of anilines is 2. The number of imidazole rings is 1. The highest BCUT2D eigenvalue weighted by Gasteiger charge is 2.26. The molecule has 0 saturated carbocycles. The summed E-state index contributed by atoms with van der Waals surface area (Å²) in [6.07, 6.45) is 0.230. The lowest BCUT2D eigenvalue weighted by molar-refractivity contribution is 0.122.